The molecule has 0 aliphatic carbocycles. The number of aromatic nitrogens is 3. The van der Waals surface area contributed by atoms with Gasteiger partial charge in [-0.25, -0.2) is 24.5 Å². The lowest BCUT2D eigenvalue weighted by molar-refractivity contribution is -0.149. The Kier molecular flexibility index (Phi) is 18.0. The van der Waals surface area contributed by atoms with Crippen molar-refractivity contribution in [2.75, 3.05) is 65.5 Å². The Morgan fingerprint density at radius 2 is 1.17 bits per heavy atom. The second kappa shape index (κ2) is 24.7. The fourth-order valence-electron chi connectivity index (χ4n) is 9.04. The van der Waals surface area contributed by atoms with Gasteiger partial charge < -0.3 is 24.3 Å². The molecule has 12 nitrogen and oxygen atoms in total. The third-order valence-electron chi connectivity index (χ3n) is 12.6. The molecular weight excluding hydrogens is 805 g/mol. The number of hydrogen-bond acceptors (Lipinski definition) is 12. The zero-order valence-electron chi connectivity index (χ0n) is 37.7. The molecular formula is C52H66N6O6. The number of piperidine rings is 2. The van der Waals surface area contributed by atoms with Crippen molar-refractivity contribution in [2.24, 2.45) is 0 Å². The van der Waals surface area contributed by atoms with Gasteiger partial charge >= 0.3 is 11.9 Å². The van der Waals surface area contributed by atoms with Crippen LogP contribution >= 0.6 is 0 Å². The first-order valence-electron chi connectivity index (χ1n) is 23.4. The summed E-state index contributed by atoms with van der Waals surface area (Å²) in [6.07, 6.45) is 14.5. The maximum absolute atomic E-state index is 12.4. The molecule has 0 bridgehead atoms. The smallest absolute Gasteiger partial charge is 0.327 e. The molecule has 2 atom stereocenters. The minimum atomic E-state index is -0.342. The van der Waals surface area contributed by atoms with Gasteiger partial charge in [-0.15, -0.1) is 0 Å². The van der Waals surface area contributed by atoms with Crippen molar-refractivity contribution < 1.29 is 28.5 Å². The van der Waals surface area contributed by atoms with E-state index in [2.05, 4.69) is 49.4 Å². The van der Waals surface area contributed by atoms with Crippen molar-refractivity contribution in [1.82, 2.24) is 24.8 Å². The summed E-state index contributed by atoms with van der Waals surface area (Å²) in [6.45, 7) is 5.90. The lowest BCUT2D eigenvalue weighted by Crippen LogP contribution is -2.42. The summed E-state index contributed by atoms with van der Waals surface area (Å²) in [4.78, 5) is 43.0. The van der Waals surface area contributed by atoms with E-state index in [0.717, 1.165) is 150 Å². The average Bonchev–Trinajstić information content (AvgIpc) is 3.35. The predicted octanol–water partition coefficient (Wildman–Crippen LogP) is 8.51. The summed E-state index contributed by atoms with van der Waals surface area (Å²) in [5.74, 6) is 0.687. The highest BCUT2D eigenvalue weighted by Crippen LogP contribution is 2.29. The molecule has 340 valence electrons. The number of methoxy groups -OCH3 is 2. The molecule has 8 rings (SSSR count). The number of benzene rings is 2. The number of fused-ring (bicyclic) bond motifs is 2. The van der Waals surface area contributed by atoms with Crippen molar-refractivity contribution in [2.45, 2.75) is 101 Å². The largest absolute Gasteiger partial charge is 0.468 e. The molecule has 5 aromatic rings. The van der Waals surface area contributed by atoms with Crippen molar-refractivity contribution in [3.63, 3.8) is 0 Å². The Hall–Kier alpha value is -5.27. The lowest BCUT2D eigenvalue weighted by Gasteiger charge is -2.36. The molecule has 0 saturated carbocycles. The van der Waals surface area contributed by atoms with E-state index >= 15 is 0 Å². The molecule has 0 amide bonds. The van der Waals surface area contributed by atoms with E-state index in [9.17, 15) is 9.59 Å². The zero-order chi connectivity index (χ0) is 44.4. The third-order valence-corrected chi connectivity index (χ3v) is 12.6. The van der Waals surface area contributed by atoms with E-state index in [4.69, 9.17) is 23.9 Å². The number of nitrogens with one attached hydrogen (secondary N) is 1. The van der Waals surface area contributed by atoms with Crippen molar-refractivity contribution in [3.05, 3.63) is 131 Å². The van der Waals surface area contributed by atoms with Crippen LogP contribution in [0.25, 0.3) is 11.0 Å². The number of rotatable bonds is 18. The Morgan fingerprint density at radius 3 is 1.72 bits per heavy atom. The van der Waals surface area contributed by atoms with Crippen LogP contribution in [0, 0.1) is 0 Å². The summed E-state index contributed by atoms with van der Waals surface area (Å²) in [5, 5.41) is 4.49. The molecule has 0 radical (unpaired) electrons. The van der Waals surface area contributed by atoms with Crippen LogP contribution in [-0.4, -0.2) is 109 Å². The summed E-state index contributed by atoms with van der Waals surface area (Å²) >= 11 is 0. The molecule has 3 aliphatic heterocycles. The second-order valence-electron chi connectivity index (χ2n) is 17.0. The Balaban J connectivity index is 0.000000191. The molecule has 12 heteroatoms. The van der Waals surface area contributed by atoms with Crippen molar-refractivity contribution >= 4 is 28.8 Å². The number of aryl methyl sites for hydroxylation is 3. The highest BCUT2D eigenvalue weighted by atomic mass is 16.5. The lowest BCUT2D eigenvalue weighted by atomic mass is 10.0. The number of esters is 2. The second-order valence-corrected chi connectivity index (χ2v) is 17.0. The van der Waals surface area contributed by atoms with Gasteiger partial charge in [-0.1, -0.05) is 66.7 Å². The number of anilines is 1. The fourth-order valence-corrected chi connectivity index (χ4v) is 9.04. The molecule has 6 heterocycles. The molecule has 1 N–H and O–H groups in total. The molecule has 3 aliphatic rings. The van der Waals surface area contributed by atoms with Gasteiger partial charge in [-0.3, -0.25) is 9.80 Å². The minimum Gasteiger partial charge on any atom is -0.468 e. The summed E-state index contributed by atoms with van der Waals surface area (Å²) < 4.78 is 22.5. The van der Waals surface area contributed by atoms with Crippen LogP contribution < -0.4 is 5.32 Å². The highest BCUT2D eigenvalue weighted by molar-refractivity contribution is 5.78. The van der Waals surface area contributed by atoms with Gasteiger partial charge in [0.15, 0.2) is 5.65 Å². The van der Waals surface area contributed by atoms with Crippen LogP contribution in [0.3, 0.4) is 0 Å². The van der Waals surface area contributed by atoms with Crippen LogP contribution in [0.5, 0.6) is 0 Å². The van der Waals surface area contributed by atoms with Gasteiger partial charge in [0.25, 0.3) is 0 Å². The third kappa shape index (κ3) is 13.4. The van der Waals surface area contributed by atoms with Crippen LogP contribution in [0.15, 0.2) is 103 Å². The SMILES string of the molecule is COC(=O)C(c1ccccc1)N1CCC(OCCCCc2ccc3c(n2)NCCC3)CC1.COC(=O)C(c1ccccc1)N1CCC(OCCCCc2ccc3cccnc3n2)CC1. The number of carbonyl (C=O) groups is 2. The van der Waals surface area contributed by atoms with Crippen LogP contribution in [0.4, 0.5) is 5.82 Å². The number of carbonyl (C=O) groups excluding carboxylic acids is 2. The standard InChI is InChI=1S/C26H35N3O3.C26H31N3O3/c2*1-31-26(30)24(20-8-3-2-4-9-20)29-17-14-23(15-18-29)32-19-6-5-11-22-13-12-21-10-7-16-27-25(21)28-22/h2-4,8-9,12-13,23-24H,5-7,10-11,14-19H2,1H3,(H,27,28);2-4,7-10,12-13,16,23-24H,5-6,11,14-15,17-19H2,1H3. The first-order chi connectivity index (χ1) is 31.5. The number of unbranched alkanes of at least 4 members (excludes halogenated alkanes) is 2. The Bertz CT molecular complexity index is 2180. The van der Waals surface area contributed by atoms with Crippen molar-refractivity contribution in [1.29, 1.82) is 0 Å². The van der Waals surface area contributed by atoms with Crippen LogP contribution in [-0.2, 0) is 47.8 Å². The van der Waals surface area contributed by atoms with Gasteiger partial charge in [-0.2, -0.15) is 0 Å². The van der Waals surface area contributed by atoms with Gasteiger partial charge in [0, 0.05) is 68.9 Å². The summed E-state index contributed by atoms with van der Waals surface area (Å²) in [7, 11) is 2.92. The summed E-state index contributed by atoms with van der Waals surface area (Å²) in [5.41, 5.74) is 6.38. The van der Waals surface area contributed by atoms with E-state index < -0.39 is 0 Å². The maximum Gasteiger partial charge on any atom is 0.327 e. The molecule has 2 saturated heterocycles. The Labute approximate surface area is 379 Å². The van der Waals surface area contributed by atoms with Gasteiger partial charge in [0.05, 0.1) is 26.4 Å². The quantitative estimate of drug-likeness (QED) is 0.0670. The monoisotopic (exact) mass is 871 g/mol. The molecule has 0 spiro atoms. The fraction of sp³-hybridized carbons (Fsp3) is 0.481. The van der Waals surface area contributed by atoms with Gasteiger partial charge in [0.1, 0.15) is 17.9 Å². The average molecular weight is 871 g/mol. The number of likely N-dealkylation sites (tertiary alicyclic amines) is 2. The van der Waals surface area contributed by atoms with E-state index in [0.29, 0.717) is 0 Å². The number of nitrogens with zero attached hydrogens (tertiary/aromatic N) is 5. The Morgan fingerprint density at radius 1 is 0.641 bits per heavy atom. The molecule has 2 fully saturated rings. The first-order valence-corrected chi connectivity index (χ1v) is 23.4. The number of hydrogen-bond donors (Lipinski definition) is 1. The van der Waals surface area contributed by atoms with E-state index in [1.807, 2.05) is 72.8 Å². The van der Waals surface area contributed by atoms with Crippen molar-refractivity contribution in [3.8, 4) is 0 Å². The van der Waals surface area contributed by atoms with Crippen LogP contribution in [0.1, 0.15) is 97.9 Å². The van der Waals surface area contributed by atoms with Gasteiger partial charge in [-0.05, 0) is 124 Å². The highest BCUT2D eigenvalue weighted by Gasteiger charge is 2.33. The van der Waals surface area contributed by atoms with E-state index in [1.165, 1.54) is 31.9 Å². The molecule has 64 heavy (non-hydrogen) atoms. The molecule has 2 aromatic carbocycles. The van der Waals surface area contributed by atoms with E-state index in [1.54, 1.807) is 6.20 Å². The minimum absolute atomic E-state index is 0.193. The van der Waals surface area contributed by atoms with Gasteiger partial charge in [0.2, 0.25) is 0 Å². The number of pyridine rings is 3. The van der Waals surface area contributed by atoms with E-state index in [-0.39, 0.29) is 36.2 Å². The molecule has 2 unspecified atom stereocenters. The first kappa shape index (κ1) is 46.7. The molecule has 3 aromatic heterocycles. The number of ether oxygens (including phenoxy) is 4. The summed E-state index contributed by atoms with van der Waals surface area (Å²) in [6, 6.07) is 31.6. The van der Waals surface area contributed by atoms with Crippen LogP contribution in [0.2, 0.25) is 0 Å². The normalized spacial score (nSPS) is 17.0. The maximum atomic E-state index is 12.4. The predicted molar refractivity (Wildman–Crippen MR) is 250 cm³/mol. The zero-order valence-corrected chi connectivity index (χ0v) is 37.7. The topological polar surface area (TPSA) is 128 Å².